The molecule has 12 rings (SSSR count). The monoisotopic (exact) mass is 902 g/mol. The van der Waals surface area contributed by atoms with Crippen molar-refractivity contribution in [3.05, 3.63) is 222 Å². The van der Waals surface area contributed by atoms with Gasteiger partial charge in [-0.3, -0.25) is 4.65 Å². The van der Waals surface area contributed by atoms with Gasteiger partial charge in [0.2, 0.25) is 0 Å². The maximum atomic E-state index is 16.6. The van der Waals surface area contributed by atoms with Crippen LogP contribution in [0.15, 0.2) is 188 Å². The van der Waals surface area contributed by atoms with Crippen LogP contribution in [0.5, 0.6) is 0 Å². The fraction of sp³-hybridized carbons (Fsp3) is 0.172. The van der Waals surface area contributed by atoms with E-state index in [-0.39, 0.29) is 29.5 Å². The summed E-state index contributed by atoms with van der Waals surface area (Å²) in [6.45, 7) is 2.86. The second-order valence-corrected chi connectivity index (χ2v) is 18.4. The number of halogens is 3. The predicted octanol–water partition coefficient (Wildman–Crippen LogP) is 13.9. The SMILES string of the molecule is [O-][N+]1(c2cc(-c3cc(F)c(F)c(F)c3)cc(N3c4ccc(N(c5ccccc5)c5ccccc5)cc4C4CNCCC43)c2)c2ccc(N(c3ccccc3)c3ccccc3)cc2C2CNCCC21. The van der Waals surface area contributed by atoms with Crippen LogP contribution in [0.4, 0.5) is 70.0 Å². The van der Waals surface area contributed by atoms with Crippen molar-refractivity contribution in [3.63, 3.8) is 0 Å². The standard InChI is InChI=1S/C58H49F3N6O/c59-52-31-39(32-53(60)58(52)61)38-29-46(66-54-23-21-44(34-48(54)50-36-62-27-25-55(50)66)64(40-13-5-1-6-14-40)41-15-7-2-8-16-41)33-47(30-38)67(68)56-24-22-45(35-49(56)51-37-63-28-26-57(51)67)65(42-17-9-3-10-18-42)43-19-11-4-12-20-43/h1-24,29-35,50-51,55,57,62-63H,25-28,36-37H2. The van der Waals surface area contributed by atoms with E-state index in [1.807, 2.05) is 97.1 Å². The summed E-state index contributed by atoms with van der Waals surface area (Å²) < 4.78 is 44.3. The second-order valence-electron chi connectivity index (χ2n) is 18.4. The van der Waals surface area contributed by atoms with Gasteiger partial charge in [0.05, 0.1) is 5.92 Å². The number of anilines is 8. The molecule has 338 valence electrons. The van der Waals surface area contributed by atoms with E-state index in [9.17, 15) is 4.39 Å². The maximum Gasteiger partial charge on any atom is 0.194 e. The topological polar surface area (TPSA) is 56.8 Å². The first kappa shape index (κ1) is 42.2. The van der Waals surface area contributed by atoms with Gasteiger partial charge in [0.25, 0.3) is 0 Å². The van der Waals surface area contributed by atoms with Crippen LogP contribution in [0.2, 0.25) is 0 Å². The van der Waals surface area contributed by atoms with Crippen LogP contribution >= 0.6 is 0 Å². The molecule has 0 amide bonds. The lowest BCUT2D eigenvalue weighted by Crippen LogP contribution is -2.51. The molecular weight excluding hydrogens is 854 g/mol. The van der Waals surface area contributed by atoms with Crippen molar-refractivity contribution in [2.24, 2.45) is 0 Å². The highest BCUT2D eigenvalue weighted by molar-refractivity contribution is 5.87. The molecule has 68 heavy (non-hydrogen) atoms. The summed E-state index contributed by atoms with van der Waals surface area (Å²) in [5, 5.41) is 23.9. The predicted molar refractivity (Wildman–Crippen MR) is 269 cm³/mol. The maximum absolute atomic E-state index is 16.6. The number of hydroxylamine groups is 1. The molecule has 0 bridgehead atoms. The number of quaternary nitrogens is 1. The zero-order valence-corrected chi connectivity index (χ0v) is 37.3. The number of piperidine rings is 2. The van der Waals surface area contributed by atoms with Gasteiger partial charge in [-0.2, -0.15) is 0 Å². The molecule has 8 aromatic carbocycles. The van der Waals surface area contributed by atoms with E-state index < -0.39 is 22.1 Å². The van der Waals surface area contributed by atoms with Gasteiger partial charge in [0.15, 0.2) is 17.5 Å². The Hall–Kier alpha value is -7.21. The second kappa shape index (κ2) is 17.1. The van der Waals surface area contributed by atoms with Gasteiger partial charge in [0, 0.05) is 107 Å². The molecule has 4 aliphatic rings. The minimum absolute atomic E-state index is 0.0234. The minimum Gasteiger partial charge on any atom is -0.622 e. The molecule has 0 radical (unpaired) electrons. The van der Waals surface area contributed by atoms with Gasteiger partial charge in [-0.1, -0.05) is 72.8 Å². The highest BCUT2D eigenvalue weighted by Gasteiger charge is 2.51. The number of nitrogens with zero attached hydrogens (tertiary/aromatic N) is 4. The van der Waals surface area contributed by atoms with Gasteiger partial charge in [0.1, 0.15) is 17.4 Å². The van der Waals surface area contributed by atoms with Crippen molar-refractivity contribution in [1.29, 1.82) is 0 Å². The molecule has 0 spiro atoms. The first-order valence-corrected chi connectivity index (χ1v) is 23.5. The summed E-state index contributed by atoms with van der Waals surface area (Å²) in [5.41, 5.74) is 11.6. The molecule has 5 atom stereocenters. The van der Waals surface area contributed by atoms with Crippen LogP contribution in [-0.4, -0.2) is 38.3 Å². The lowest BCUT2D eigenvalue weighted by Gasteiger charge is -2.47. The van der Waals surface area contributed by atoms with Crippen molar-refractivity contribution in [3.8, 4) is 11.1 Å². The number of nitrogens with one attached hydrogen (secondary N) is 2. The molecule has 2 saturated heterocycles. The highest BCUT2D eigenvalue weighted by atomic mass is 19.2. The van der Waals surface area contributed by atoms with Gasteiger partial charge in [-0.25, -0.2) is 13.2 Å². The Morgan fingerprint density at radius 2 is 1.00 bits per heavy atom. The highest BCUT2D eigenvalue weighted by Crippen LogP contribution is 2.57. The Bertz CT molecular complexity index is 3040. The van der Waals surface area contributed by atoms with Gasteiger partial charge < -0.3 is 30.5 Å². The molecule has 4 heterocycles. The van der Waals surface area contributed by atoms with Crippen LogP contribution < -0.4 is 30.0 Å². The number of hydrogen-bond donors (Lipinski definition) is 2. The Morgan fingerprint density at radius 3 is 1.57 bits per heavy atom. The summed E-state index contributed by atoms with van der Waals surface area (Å²) in [4.78, 5) is 6.82. The van der Waals surface area contributed by atoms with Crippen molar-refractivity contribution >= 4 is 56.9 Å². The normalized spacial score (nSPS) is 21.4. The Kier molecular flexibility index (Phi) is 10.6. The van der Waals surface area contributed by atoms with Gasteiger partial charge in [-0.05, 0) is 127 Å². The number of fused-ring (bicyclic) bond motifs is 6. The van der Waals surface area contributed by atoms with Crippen molar-refractivity contribution in [1.82, 2.24) is 15.3 Å². The van der Waals surface area contributed by atoms with Crippen LogP contribution in [-0.2, 0) is 0 Å². The van der Waals surface area contributed by atoms with E-state index in [0.29, 0.717) is 36.4 Å². The van der Waals surface area contributed by atoms with Gasteiger partial charge >= 0.3 is 0 Å². The number of rotatable bonds is 9. The molecule has 2 N–H and O–H groups in total. The molecule has 4 aliphatic heterocycles. The number of para-hydroxylation sites is 4. The molecular formula is C58H49F3N6O. The van der Waals surface area contributed by atoms with E-state index >= 15 is 14.0 Å². The Morgan fingerprint density at radius 1 is 0.500 bits per heavy atom. The zero-order chi connectivity index (χ0) is 45.9. The quantitative estimate of drug-likeness (QED) is 0.0855. The van der Waals surface area contributed by atoms with Crippen LogP contribution in [0.25, 0.3) is 11.1 Å². The molecule has 8 aromatic rings. The summed E-state index contributed by atoms with van der Waals surface area (Å²) in [6, 6.07) is 61.3. The molecule has 0 aromatic heterocycles. The van der Waals surface area contributed by atoms with Crippen molar-refractivity contribution in [2.45, 2.75) is 36.8 Å². The first-order chi connectivity index (χ1) is 33.3. The van der Waals surface area contributed by atoms with E-state index in [1.165, 1.54) is 5.56 Å². The molecule has 7 nitrogen and oxygen atoms in total. The summed E-state index contributed by atoms with van der Waals surface area (Å²) >= 11 is 0. The Balaban J connectivity index is 1.03. The third kappa shape index (κ3) is 7.06. The summed E-state index contributed by atoms with van der Waals surface area (Å²) in [6.07, 6.45) is 1.44. The Labute approximate surface area is 394 Å². The average molecular weight is 903 g/mol. The molecule has 5 unspecified atom stereocenters. The zero-order valence-electron chi connectivity index (χ0n) is 37.3. The molecule has 0 aliphatic carbocycles. The van der Waals surface area contributed by atoms with Crippen LogP contribution in [0.1, 0.15) is 35.8 Å². The fourth-order valence-corrected chi connectivity index (χ4v) is 11.6. The van der Waals surface area contributed by atoms with Crippen molar-refractivity contribution < 1.29 is 13.2 Å². The van der Waals surface area contributed by atoms with E-state index in [2.05, 4.69) is 98.1 Å². The smallest absolute Gasteiger partial charge is 0.194 e. The first-order valence-electron chi connectivity index (χ1n) is 23.5. The minimum atomic E-state index is -1.53. The third-order valence-electron chi connectivity index (χ3n) is 14.6. The number of benzene rings is 8. The fourth-order valence-electron chi connectivity index (χ4n) is 11.6. The summed E-state index contributed by atoms with van der Waals surface area (Å²) in [5.74, 6) is -4.10. The molecule has 10 heteroatoms. The van der Waals surface area contributed by atoms with Gasteiger partial charge in [-0.15, -0.1) is 0 Å². The average Bonchev–Trinajstić information content (AvgIpc) is 3.86. The van der Waals surface area contributed by atoms with Crippen LogP contribution in [0.3, 0.4) is 0 Å². The van der Waals surface area contributed by atoms with Crippen molar-refractivity contribution in [2.75, 3.05) is 40.9 Å². The third-order valence-corrected chi connectivity index (χ3v) is 14.6. The van der Waals surface area contributed by atoms with E-state index in [4.69, 9.17) is 0 Å². The van der Waals surface area contributed by atoms with E-state index in [1.54, 1.807) is 6.07 Å². The lowest BCUT2D eigenvalue weighted by molar-refractivity contribution is 0.291. The van der Waals surface area contributed by atoms with Crippen LogP contribution in [0, 0.1) is 22.7 Å². The molecule has 0 saturated carbocycles. The largest absolute Gasteiger partial charge is 0.622 e. The summed E-state index contributed by atoms with van der Waals surface area (Å²) in [7, 11) is 0. The van der Waals surface area contributed by atoms with E-state index in [0.717, 1.165) is 82.7 Å². The molecule has 2 fully saturated rings. The number of hydrogen-bond acceptors (Lipinski definition) is 6. The lowest BCUT2D eigenvalue weighted by atomic mass is 9.89.